The van der Waals surface area contributed by atoms with Crippen molar-refractivity contribution >= 4 is 21.7 Å². The lowest BCUT2D eigenvalue weighted by atomic mass is 10.1. The van der Waals surface area contributed by atoms with Crippen LogP contribution in [0.25, 0.3) is 0 Å². The minimum Gasteiger partial charge on any atom is -0.481 e. The summed E-state index contributed by atoms with van der Waals surface area (Å²) in [5.41, 5.74) is 1.58. The molecule has 2 atom stereocenters. The standard InChI is InChI=1S/C17H24N2O4S/c1-11-5-7-13(8-6-11)24(22,23)19-18-12(2)9-14-15(10-16(20)21)17(14,3)4/h5-8,14-15,19H,9-10H2,1-4H3,(H,20,21). The van der Waals surface area contributed by atoms with Gasteiger partial charge in [0, 0.05) is 12.1 Å². The van der Waals surface area contributed by atoms with Gasteiger partial charge in [-0.3, -0.25) is 4.79 Å². The number of carboxylic acids is 1. The average molecular weight is 352 g/mol. The van der Waals surface area contributed by atoms with E-state index >= 15 is 0 Å². The maximum absolute atomic E-state index is 12.2. The number of carboxylic acid groups (broad SMARTS) is 1. The SMILES string of the molecule is CC(CC1C(CC(=O)O)C1(C)C)=NNS(=O)(=O)c1ccc(C)cc1. The Morgan fingerprint density at radius 1 is 1.21 bits per heavy atom. The van der Waals surface area contributed by atoms with Crippen LogP contribution in [0.5, 0.6) is 0 Å². The van der Waals surface area contributed by atoms with Gasteiger partial charge in [-0.25, -0.2) is 4.83 Å². The number of benzene rings is 1. The molecule has 132 valence electrons. The Hall–Kier alpha value is -1.89. The van der Waals surface area contributed by atoms with Crippen molar-refractivity contribution in [2.75, 3.05) is 0 Å². The molecule has 2 unspecified atom stereocenters. The summed E-state index contributed by atoms with van der Waals surface area (Å²) in [5, 5.41) is 12.9. The summed E-state index contributed by atoms with van der Waals surface area (Å²) in [6.07, 6.45) is 0.724. The van der Waals surface area contributed by atoms with E-state index in [0.717, 1.165) is 5.56 Å². The van der Waals surface area contributed by atoms with Crippen molar-refractivity contribution < 1.29 is 18.3 Å². The zero-order valence-corrected chi connectivity index (χ0v) is 15.2. The molecule has 1 aromatic rings. The fourth-order valence-electron chi connectivity index (χ4n) is 3.13. The molecule has 1 aliphatic carbocycles. The number of aliphatic carboxylic acids is 1. The summed E-state index contributed by atoms with van der Waals surface area (Å²) in [6, 6.07) is 6.54. The van der Waals surface area contributed by atoms with Gasteiger partial charge >= 0.3 is 5.97 Å². The van der Waals surface area contributed by atoms with Gasteiger partial charge in [-0.2, -0.15) is 13.5 Å². The van der Waals surface area contributed by atoms with Crippen LogP contribution in [0.3, 0.4) is 0 Å². The number of nitrogens with one attached hydrogen (secondary N) is 1. The number of hydrogen-bond acceptors (Lipinski definition) is 4. The zero-order valence-electron chi connectivity index (χ0n) is 14.4. The fraction of sp³-hybridized carbons (Fsp3) is 0.529. The molecule has 6 nitrogen and oxygen atoms in total. The maximum atomic E-state index is 12.2. The summed E-state index contributed by atoms with van der Waals surface area (Å²) in [6.45, 7) is 7.71. The lowest BCUT2D eigenvalue weighted by Crippen LogP contribution is -2.20. The smallest absolute Gasteiger partial charge is 0.303 e. The van der Waals surface area contributed by atoms with Crippen molar-refractivity contribution in [3.63, 3.8) is 0 Å². The van der Waals surface area contributed by atoms with Gasteiger partial charge in [0.2, 0.25) is 0 Å². The van der Waals surface area contributed by atoms with Crippen LogP contribution in [0.4, 0.5) is 0 Å². The monoisotopic (exact) mass is 352 g/mol. The van der Waals surface area contributed by atoms with Crippen LogP contribution in [0.15, 0.2) is 34.3 Å². The summed E-state index contributed by atoms with van der Waals surface area (Å²) < 4.78 is 24.4. The summed E-state index contributed by atoms with van der Waals surface area (Å²) in [7, 11) is -3.68. The highest BCUT2D eigenvalue weighted by Crippen LogP contribution is 2.61. The second-order valence-corrected chi connectivity index (χ2v) is 8.75. The molecule has 1 aliphatic rings. The number of rotatable bonds is 7. The highest BCUT2D eigenvalue weighted by atomic mass is 32.2. The Balaban J connectivity index is 1.99. The molecule has 0 bridgehead atoms. The number of sulfonamides is 1. The Labute approximate surface area is 143 Å². The molecule has 0 heterocycles. The van der Waals surface area contributed by atoms with Crippen LogP contribution in [-0.2, 0) is 14.8 Å². The molecule has 2 N–H and O–H groups in total. The average Bonchev–Trinajstić information content (AvgIpc) is 2.97. The van der Waals surface area contributed by atoms with Gasteiger partial charge in [-0.05, 0) is 49.7 Å². The first-order valence-electron chi connectivity index (χ1n) is 7.87. The van der Waals surface area contributed by atoms with Crippen molar-refractivity contribution in [3.8, 4) is 0 Å². The lowest BCUT2D eigenvalue weighted by molar-refractivity contribution is -0.137. The Bertz CT molecular complexity index is 751. The van der Waals surface area contributed by atoms with E-state index in [2.05, 4.69) is 9.93 Å². The number of hydrazone groups is 1. The van der Waals surface area contributed by atoms with Crippen molar-refractivity contribution in [3.05, 3.63) is 29.8 Å². The third kappa shape index (κ3) is 4.14. The minimum absolute atomic E-state index is 0.0506. The van der Waals surface area contributed by atoms with Gasteiger partial charge in [0.15, 0.2) is 0 Å². The second-order valence-electron chi connectivity index (χ2n) is 7.09. The normalized spacial score (nSPS) is 22.9. The Morgan fingerprint density at radius 2 is 1.75 bits per heavy atom. The van der Waals surface area contributed by atoms with Gasteiger partial charge in [-0.15, -0.1) is 0 Å². The van der Waals surface area contributed by atoms with Crippen LogP contribution >= 0.6 is 0 Å². The van der Waals surface area contributed by atoms with E-state index in [1.54, 1.807) is 19.1 Å². The summed E-state index contributed by atoms with van der Waals surface area (Å²) >= 11 is 0. The minimum atomic E-state index is -3.68. The molecular weight excluding hydrogens is 328 g/mol. The van der Waals surface area contributed by atoms with E-state index in [-0.39, 0.29) is 28.6 Å². The molecule has 1 aromatic carbocycles. The van der Waals surface area contributed by atoms with Gasteiger partial charge in [0.25, 0.3) is 10.0 Å². The van der Waals surface area contributed by atoms with E-state index in [0.29, 0.717) is 12.1 Å². The zero-order chi connectivity index (χ0) is 18.1. The van der Waals surface area contributed by atoms with E-state index in [9.17, 15) is 13.2 Å². The molecule has 0 aliphatic heterocycles. The number of carbonyl (C=O) groups is 1. The van der Waals surface area contributed by atoms with Gasteiger partial charge < -0.3 is 5.11 Å². The molecule has 1 saturated carbocycles. The van der Waals surface area contributed by atoms with Crippen LogP contribution in [0, 0.1) is 24.2 Å². The highest BCUT2D eigenvalue weighted by molar-refractivity contribution is 7.89. The van der Waals surface area contributed by atoms with Crippen molar-refractivity contribution in [2.45, 2.75) is 45.4 Å². The van der Waals surface area contributed by atoms with Crippen LogP contribution in [0.1, 0.15) is 39.2 Å². The number of nitrogens with zero attached hydrogens (tertiary/aromatic N) is 1. The molecular formula is C17H24N2O4S. The number of aryl methyl sites for hydroxylation is 1. The first-order valence-corrected chi connectivity index (χ1v) is 9.36. The van der Waals surface area contributed by atoms with Gasteiger partial charge in [0.1, 0.15) is 0 Å². The first-order chi connectivity index (χ1) is 11.0. The molecule has 2 rings (SSSR count). The third-order valence-electron chi connectivity index (χ3n) is 4.89. The highest BCUT2D eigenvalue weighted by Gasteiger charge is 2.57. The Kier molecular flexibility index (Phi) is 5.03. The van der Waals surface area contributed by atoms with Crippen molar-refractivity contribution in [2.24, 2.45) is 22.4 Å². The number of hydrogen-bond donors (Lipinski definition) is 2. The molecule has 0 aromatic heterocycles. The summed E-state index contributed by atoms with van der Waals surface area (Å²) in [5.74, 6) is -0.486. The van der Waals surface area contributed by atoms with Crippen LogP contribution in [-0.4, -0.2) is 25.2 Å². The molecule has 1 fully saturated rings. The quantitative estimate of drug-likeness (QED) is 0.582. The topological polar surface area (TPSA) is 95.8 Å². The van der Waals surface area contributed by atoms with Crippen LogP contribution in [0.2, 0.25) is 0 Å². The van der Waals surface area contributed by atoms with Crippen molar-refractivity contribution in [1.82, 2.24) is 4.83 Å². The first kappa shape index (κ1) is 18.4. The van der Waals surface area contributed by atoms with Crippen LogP contribution < -0.4 is 4.83 Å². The maximum Gasteiger partial charge on any atom is 0.303 e. The third-order valence-corrected chi connectivity index (χ3v) is 6.11. The molecule has 24 heavy (non-hydrogen) atoms. The van der Waals surface area contributed by atoms with Gasteiger partial charge in [-0.1, -0.05) is 31.5 Å². The molecule has 7 heteroatoms. The molecule has 0 spiro atoms. The molecule has 0 radical (unpaired) electrons. The van der Waals surface area contributed by atoms with E-state index in [4.69, 9.17) is 5.11 Å². The second kappa shape index (κ2) is 6.55. The summed E-state index contributed by atoms with van der Waals surface area (Å²) in [4.78, 5) is 13.3. The molecule has 0 saturated heterocycles. The molecule has 0 amide bonds. The van der Waals surface area contributed by atoms with Crippen molar-refractivity contribution in [1.29, 1.82) is 0 Å². The van der Waals surface area contributed by atoms with E-state index in [1.165, 1.54) is 12.1 Å². The predicted octanol–water partition coefficient (Wildman–Crippen LogP) is 2.79. The lowest BCUT2D eigenvalue weighted by Gasteiger charge is -2.06. The van der Waals surface area contributed by atoms with E-state index in [1.807, 2.05) is 20.8 Å². The Morgan fingerprint density at radius 3 is 2.29 bits per heavy atom. The van der Waals surface area contributed by atoms with E-state index < -0.39 is 16.0 Å². The largest absolute Gasteiger partial charge is 0.481 e. The fourth-order valence-corrected chi connectivity index (χ4v) is 4.00. The predicted molar refractivity (Wildman–Crippen MR) is 92.2 cm³/mol. The van der Waals surface area contributed by atoms with Gasteiger partial charge in [0.05, 0.1) is 4.90 Å².